The number of hydrogen-bond acceptors (Lipinski definition) is 4. The first kappa shape index (κ1) is 14.4. The molecule has 0 saturated heterocycles. The summed E-state index contributed by atoms with van der Waals surface area (Å²) in [5.74, 6) is 1.41. The molecule has 0 amide bonds. The molecule has 0 aliphatic rings. The van der Waals surface area contributed by atoms with Gasteiger partial charge in [-0.25, -0.2) is 4.98 Å². The number of nitrogens with two attached hydrogens (primary N) is 2. The van der Waals surface area contributed by atoms with Crippen LogP contribution in [0.3, 0.4) is 0 Å². The zero-order chi connectivity index (χ0) is 13.7. The molecule has 1 heterocycles. The lowest BCUT2D eigenvalue weighted by Gasteiger charge is -2.12. The Morgan fingerprint density at radius 2 is 2.05 bits per heavy atom. The van der Waals surface area contributed by atoms with Crippen molar-refractivity contribution in [1.29, 1.82) is 0 Å². The summed E-state index contributed by atoms with van der Waals surface area (Å²) in [7, 11) is 0. The number of hydrogen-bond donors (Lipinski definition) is 2. The molecule has 4 N–H and O–H groups in total. The molecule has 1 unspecified atom stereocenters. The van der Waals surface area contributed by atoms with Gasteiger partial charge >= 0.3 is 0 Å². The van der Waals surface area contributed by atoms with Crippen LogP contribution in [0.5, 0.6) is 0 Å². The zero-order valence-electron chi connectivity index (χ0n) is 10.4. The minimum Gasteiger partial charge on any atom is -0.384 e. The van der Waals surface area contributed by atoms with Crippen molar-refractivity contribution in [3.63, 3.8) is 0 Å². The van der Waals surface area contributed by atoms with E-state index in [1.165, 1.54) is 4.90 Å². The molecule has 0 spiro atoms. The van der Waals surface area contributed by atoms with E-state index in [1.807, 2.05) is 30.3 Å². The van der Waals surface area contributed by atoms with E-state index in [4.69, 9.17) is 11.5 Å². The Bertz CT molecular complexity index is 548. The maximum atomic E-state index is 6.16. The van der Waals surface area contributed by atoms with Gasteiger partial charge in [0.25, 0.3) is 0 Å². The second-order valence-corrected chi connectivity index (χ2v) is 6.21. The number of benzene rings is 1. The number of halogens is 1. The van der Waals surface area contributed by atoms with Crippen molar-refractivity contribution in [2.24, 2.45) is 5.73 Å². The fraction of sp³-hybridized carbons (Fsp3) is 0.214. The summed E-state index contributed by atoms with van der Waals surface area (Å²) in [5.41, 5.74) is 12.9. The summed E-state index contributed by atoms with van der Waals surface area (Å²) < 4.78 is 1.11. The highest BCUT2D eigenvalue weighted by Crippen LogP contribution is 2.27. The topological polar surface area (TPSA) is 64.9 Å². The van der Waals surface area contributed by atoms with Gasteiger partial charge in [0.15, 0.2) is 0 Å². The van der Waals surface area contributed by atoms with Crippen molar-refractivity contribution in [1.82, 2.24) is 4.98 Å². The second-order valence-electron chi connectivity index (χ2n) is 4.29. The van der Waals surface area contributed by atoms with E-state index in [1.54, 1.807) is 18.0 Å². The third-order valence-corrected chi connectivity index (χ3v) is 4.85. The fourth-order valence-electron chi connectivity index (χ4n) is 1.74. The highest BCUT2D eigenvalue weighted by atomic mass is 79.9. The van der Waals surface area contributed by atoms with Crippen LogP contribution in [0, 0.1) is 0 Å². The Kier molecular flexibility index (Phi) is 5.24. The summed E-state index contributed by atoms with van der Waals surface area (Å²) in [4.78, 5) is 5.19. The van der Waals surface area contributed by atoms with E-state index in [0.717, 1.165) is 22.2 Å². The van der Waals surface area contributed by atoms with E-state index in [2.05, 4.69) is 27.0 Å². The van der Waals surface area contributed by atoms with Gasteiger partial charge in [0.05, 0.1) is 0 Å². The summed E-state index contributed by atoms with van der Waals surface area (Å²) in [6, 6.07) is 12.1. The quantitative estimate of drug-likeness (QED) is 0.823. The van der Waals surface area contributed by atoms with E-state index in [0.29, 0.717) is 5.82 Å². The van der Waals surface area contributed by atoms with Gasteiger partial charge in [0, 0.05) is 27.4 Å². The Balaban J connectivity index is 1.88. The van der Waals surface area contributed by atoms with Crippen LogP contribution in [0.15, 0.2) is 52.0 Å². The molecule has 3 nitrogen and oxygen atoms in total. The predicted molar refractivity (Wildman–Crippen MR) is 85.2 cm³/mol. The van der Waals surface area contributed by atoms with Gasteiger partial charge in [-0.3, -0.25) is 0 Å². The van der Waals surface area contributed by atoms with E-state index >= 15 is 0 Å². The summed E-state index contributed by atoms with van der Waals surface area (Å²) in [5, 5.41) is 0. The number of aromatic nitrogens is 1. The fourth-order valence-corrected chi connectivity index (χ4v) is 3.26. The third-order valence-electron chi connectivity index (χ3n) is 2.63. The highest BCUT2D eigenvalue weighted by molar-refractivity contribution is 9.10. The van der Waals surface area contributed by atoms with Crippen LogP contribution in [0.25, 0.3) is 0 Å². The first-order chi connectivity index (χ1) is 9.15. The molecule has 0 radical (unpaired) electrons. The smallest absolute Gasteiger partial charge is 0.123 e. The van der Waals surface area contributed by atoms with Crippen LogP contribution in [0.2, 0.25) is 0 Å². The predicted octanol–water partition coefficient (Wildman–Crippen LogP) is 3.09. The second kappa shape index (κ2) is 6.93. The molecule has 1 aromatic heterocycles. The molecule has 19 heavy (non-hydrogen) atoms. The maximum absolute atomic E-state index is 6.16. The summed E-state index contributed by atoms with van der Waals surface area (Å²) in [6.07, 6.45) is 2.53. The van der Waals surface area contributed by atoms with E-state index in [-0.39, 0.29) is 6.04 Å². The Morgan fingerprint density at radius 3 is 2.79 bits per heavy atom. The molecule has 0 saturated carbocycles. The number of pyridine rings is 1. The van der Waals surface area contributed by atoms with Crippen molar-refractivity contribution in [3.8, 4) is 0 Å². The van der Waals surface area contributed by atoms with Crippen LogP contribution in [0.4, 0.5) is 5.82 Å². The van der Waals surface area contributed by atoms with Crippen molar-refractivity contribution in [2.75, 3.05) is 11.5 Å². The molecular weight excluding hydrogens is 322 g/mol. The molecule has 1 aromatic carbocycles. The van der Waals surface area contributed by atoms with Gasteiger partial charge in [-0.2, -0.15) is 0 Å². The van der Waals surface area contributed by atoms with Gasteiger partial charge < -0.3 is 11.5 Å². The molecule has 2 rings (SSSR count). The first-order valence-corrected chi connectivity index (χ1v) is 7.76. The van der Waals surface area contributed by atoms with Crippen LogP contribution >= 0.6 is 27.7 Å². The third kappa shape index (κ3) is 4.53. The maximum Gasteiger partial charge on any atom is 0.123 e. The first-order valence-electron chi connectivity index (χ1n) is 5.98. The zero-order valence-corrected chi connectivity index (χ0v) is 12.8. The highest BCUT2D eigenvalue weighted by Gasteiger charge is 2.07. The lowest BCUT2D eigenvalue weighted by atomic mass is 10.1. The van der Waals surface area contributed by atoms with Crippen molar-refractivity contribution in [3.05, 3.63) is 52.6 Å². The number of nitrogen functional groups attached to an aromatic ring is 1. The number of nitrogens with zero attached hydrogens (tertiary/aromatic N) is 1. The van der Waals surface area contributed by atoms with E-state index in [9.17, 15) is 0 Å². The molecule has 2 aromatic rings. The largest absolute Gasteiger partial charge is 0.384 e. The average molecular weight is 338 g/mol. The number of anilines is 1. The van der Waals surface area contributed by atoms with Crippen molar-refractivity contribution >= 4 is 33.5 Å². The molecule has 0 bridgehead atoms. The lowest BCUT2D eigenvalue weighted by Crippen LogP contribution is -2.25. The molecule has 0 fully saturated rings. The molecular formula is C14H16BrN3S. The van der Waals surface area contributed by atoms with Gasteiger partial charge in [0.1, 0.15) is 5.82 Å². The van der Waals surface area contributed by atoms with Crippen LogP contribution in [-0.2, 0) is 6.42 Å². The van der Waals surface area contributed by atoms with Gasteiger partial charge in [-0.05, 0) is 52.2 Å². The monoisotopic (exact) mass is 337 g/mol. The molecule has 1 atom stereocenters. The molecule has 0 aliphatic carbocycles. The summed E-state index contributed by atoms with van der Waals surface area (Å²) >= 11 is 5.30. The average Bonchev–Trinajstić information content (AvgIpc) is 2.38. The minimum absolute atomic E-state index is 0.0962. The normalized spacial score (nSPS) is 12.3. The van der Waals surface area contributed by atoms with Gasteiger partial charge in [-0.15, -0.1) is 11.8 Å². The Hall–Kier alpha value is -1.04. The minimum atomic E-state index is 0.0962. The molecule has 5 heteroatoms. The summed E-state index contributed by atoms with van der Waals surface area (Å²) in [6.45, 7) is 0. The molecule has 0 aliphatic heterocycles. The lowest BCUT2D eigenvalue weighted by molar-refractivity contribution is 0.748. The SMILES string of the molecule is Nc1cc(CC(N)CSc2ccccc2Br)ccn1. The van der Waals surface area contributed by atoms with Crippen LogP contribution in [0.1, 0.15) is 5.56 Å². The van der Waals surface area contributed by atoms with Crippen LogP contribution < -0.4 is 11.5 Å². The molecule has 100 valence electrons. The standard InChI is InChI=1S/C14H16BrN3S/c15-12-3-1-2-4-13(12)19-9-11(16)7-10-5-6-18-14(17)8-10/h1-6,8,11H,7,9,16H2,(H2,17,18). The van der Waals surface area contributed by atoms with Gasteiger partial charge in [-0.1, -0.05) is 12.1 Å². The van der Waals surface area contributed by atoms with Gasteiger partial charge in [0.2, 0.25) is 0 Å². The number of thioether (sulfide) groups is 1. The number of rotatable bonds is 5. The van der Waals surface area contributed by atoms with Crippen molar-refractivity contribution < 1.29 is 0 Å². The van der Waals surface area contributed by atoms with E-state index < -0.39 is 0 Å². The van der Waals surface area contributed by atoms with Crippen molar-refractivity contribution in [2.45, 2.75) is 17.4 Å². The Labute approximate surface area is 125 Å². The Morgan fingerprint density at radius 1 is 1.26 bits per heavy atom. The van der Waals surface area contributed by atoms with Crippen LogP contribution in [-0.4, -0.2) is 16.8 Å².